The average Bonchev–Trinajstić information content (AvgIpc) is 2.95. The van der Waals surface area contributed by atoms with Crippen LogP contribution in [-0.4, -0.2) is 26.7 Å². The number of anilines is 1. The van der Waals surface area contributed by atoms with Gasteiger partial charge in [0.05, 0.1) is 5.52 Å². The van der Waals surface area contributed by atoms with Crippen LogP contribution in [0.15, 0.2) is 39.5 Å². The summed E-state index contributed by atoms with van der Waals surface area (Å²) in [5.41, 5.74) is 5.63. The minimum absolute atomic E-state index is 0.0982. The zero-order valence-corrected chi connectivity index (χ0v) is 13.6. The van der Waals surface area contributed by atoms with Crippen LogP contribution in [0.3, 0.4) is 0 Å². The van der Waals surface area contributed by atoms with E-state index in [9.17, 15) is 14.4 Å². The number of amides is 1. The standard InChI is InChI=1S/C16H15N5O4/c1-9-7-13(23)15(10(2)22)16(25-9)19-18-14(24)8-21-12-6-4-3-5-11(12)17-20-21/h3-7,19H,8H2,1-2H3,(H,18,24). The Labute approximate surface area is 141 Å². The number of ketones is 1. The molecule has 0 unspecified atom stereocenters. The number of nitrogens with one attached hydrogen (secondary N) is 2. The number of hydrazine groups is 1. The summed E-state index contributed by atoms with van der Waals surface area (Å²) in [7, 11) is 0. The number of benzene rings is 1. The van der Waals surface area contributed by atoms with Gasteiger partial charge in [-0.2, -0.15) is 0 Å². The normalized spacial score (nSPS) is 10.6. The van der Waals surface area contributed by atoms with Crippen LogP contribution in [0.5, 0.6) is 0 Å². The van der Waals surface area contributed by atoms with Crippen molar-refractivity contribution < 1.29 is 14.0 Å². The second-order valence-corrected chi connectivity index (χ2v) is 5.39. The first-order valence-electron chi connectivity index (χ1n) is 7.44. The largest absolute Gasteiger partial charge is 0.443 e. The lowest BCUT2D eigenvalue weighted by Crippen LogP contribution is -2.34. The van der Waals surface area contributed by atoms with E-state index in [1.807, 2.05) is 12.1 Å². The summed E-state index contributed by atoms with van der Waals surface area (Å²) < 4.78 is 6.76. The summed E-state index contributed by atoms with van der Waals surface area (Å²) in [6, 6.07) is 8.44. The van der Waals surface area contributed by atoms with Gasteiger partial charge in [-0.25, -0.2) is 4.68 Å². The van der Waals surface area contributed by atoms with Gasteiger partial charge in [-0.05, 0) is 26.0 Å². The highest BCUT2D eigenvalue weighted by molar-refractivity contribution is 5.98. The van der Waals surface area contributed by atoms with E-state index < -0.39 is 17.1 Å². The van der Waals surface area contributed by atoms with E-state index in [0.717, 1.165) is 0 Å². The van der Waals surface area contributed by atoms with E-state index in [4.69, 9.17) is 4.42 Å². The molecule has 9 heteroatoms. The molecule has 0 bridgehead atoms. The molecule has 2 aromatic heterocycles. The van der Waals surface area contributed by atoms with E-state index in [2.05, 4.69) is 21.2 Å². The van der Waals surface area contributed by atoms with Crippen LogP contribution < -0.4 is 16.3 Å². The second-order valence-electron chi connectivity index (χ2n) is 5.39. The van der Waals surface area contributed by atoms with Gasteiger partial charge in [0.2, 0.25) is 5.88 Å². The van der Waals surface area contributed by atoms with Crippen LogP contribution in [0.25, 0.3) is 11.0 Å². The predicted molar refractivity (Wildman–Crippen MR) is 89.0 cm³/mol. The lowest BCUT2D eigenvalue weighted by Gasteiger charge is -2.10. The first kappa shape index (κ1) is 16.4. The van der Waals surface area contributed by atoms with E-state index in [1.165, 1.54) is 17.7 Å². The molecular weight excluding hydrogens is 326 g/mol. The smallest absolute Gasteiger partial charge is 0.260 e. The fourth-order valence-electron chi connectivity index (χ4n) is 2.37. The van der Waals surface area contributed by atoms with Gasteiger partial charge < -0.3 is 4.42 Å². The molecule has 0 aliphatic heterocycles. The predicted octanol–water partition coefficient (Wildman–Crippen LogP) is 1.04. The number of aromatic nitrogens is 3. The number of nitrogens with zero attached hydrogens (tertiary/aromatic N) is 3. The van der Waals surface area contributed by atoms with Crippen molar-refractivity contribution in [1.82, 2.24) is 20.4 Å². The van der Waals surface area contributed by atoms with E-state index >= 15 is 0 Å². The third-order valence-corrected chi connectivity index (χ3v) is 3.45. The number of Topliss-reactive ketones (excluding diaryl/α,β-unsaturated/α-hetero) is 1. The fourth-order valence-corrected chi connectivity index (χ4v) is 2.37. The molecular formula is C16H15N5O4. The number of rotatable bonds is 5. The fraction of sp³-hybridized carbons (Fsp3) is 0.188. The second kappa shape index (κ2) is 6.56. The van der Waals surface area contributed by atoms with Gasteiger partial charge in [-0.1, -0.05) is 17.3 Å². The van der Waals surface area contributed by atoms with Gasteiger partial charge in [-0.15, -0.1) is 5.10 Å². The third-order valence-electron chi connectivity index (χ3n) is 3.45. The lowest BCUT2D eigenvalue weighted by atomic mass is 10.2. The highest BCUT2D eigenvalue weighted by Crippen LogP contribution is 2.13. The number of aryl methyl sites for hydroxylation is 1. The van der Waals surface area contributed by atoms with Gasteiger partial charge in [-0.3, -0.25) is 25.2 Å². The Bertz CT molecular complexity index is 1020. The molecule has 0 atom stereocenters. The first-order valence-corrected chi connectivity index (χ1v) is 7.44. The number of hydrogen-bond donors (Lipinski definition) is 2. The Hall–Kier alpha value is -3.49. The molecule has 0 aliphatic carbocycles. The van der Waals surface area contributed by atoms with Crippen LogP contribution in [0.2, 0.25) is 0 Å². The van der Waals surface area contributed by atoms with Crippen LogP contribution in [0.1, 0.15) is 23.0 Å². The van der Waals surface area contributed by atoms with E-state index in [1.54, 1.807) is 19.1 Å². The minimum Gasteiger partial charge on any atom is -0.443 e. The summed E-state index contributed by atoms with van der Waals surface area (Å²) in [4.78, 5) is 35.6. The highest BCUT2D eigenvalue weighted by atomic mass is 16.4. The molecule has 3 rings (SSSR count). The molecule has 2 N–H and O–H groups in total. The molecule has 0 fully saturated rings. The zero-order valence-electron chi connectivity index (χ0n) is 13.6. The molecule has 0 saturated heterocycles. The van der Waals surface area contributed by atoms with Crippen LogP contribution in [0.4, 0.5) is 5.88 Å². The van der Waals surface area contributed by atoms with Crippen molar-refractivity contribution in [2.45, 2.75) is 20.4 Å². The number of fused-ring (bicyclic) bond motifs is 1. The van der Waals surface area contributed by atoms with Gasteiger partial charge >= 0.3 is 0 Å². The zero-order chi connectivity index (χ0) is 18.0. The minimum atomic E-state index is -0.477. The average molecular weight is 341 g/mol. The Balaban J connectivity index is 1.75. The Morgan fingerprint density at radius 3 is 2.80 bits per heavy atom. The van der Waals surface area contributed by atoms with E-state index in [0.29, 0.717) is 16.8 Å². The quantitative estimate of drug-likeness (QED) is 0.525. The Kier molecular flexibility index (Phi) is 4.29. The molecule has 0 aliphatic rings. The third kappa shape index (κ3) is 3.39. The van der Waals surface area contributed by atoms with Crippen LogP contribution in [-0.2, 0) is 11.3 Å². The van der Waals surface area contributed by atoms with Crippen molar-refractivity contribution >= 4 is 28.6 Å². The maximum absolute atomic E-state index is 12.1. The van der Waals surface area contributed by atoms with Crippen LogP contribution in [0, 0.1) is 6.92 Å². The molecule has 0 spiro atoms. The number of carbonyl (C=O) groups excluding carboxylic acids is 2. The topological polar surface area (TPSA) is 119 Å². The molecule has 0 radical (unpaired) electrons. The highest BCUT2D eigenvalue weighted by Gasteiger charge is 2.16. The van der Waals surface area contributed by atoms with Gasteiger partial charge in [0.1, 0.15) is 23.4 Å². The molecule has 9 nitrogen and oxygen atoms in total. The van der Waals surface area contributed by atoms with Crippen LogP contribution >= 0.6 is 0 Å². The van der Waals surface area contributed by atoms with E-state index in [-0.39, 0.29) is 18.0 Å². The number of hydrogen-bond acceptors (Lipinski definition) is 7. The monoisotopic (exact) mass is 341 g/mol. The lowest BCUT2D eigenvalue weighted by molar-refractivity contribution is -0.121. The maximum atomic E-state index is 12.1. The number of carbonyl (C=O) groups is 2. The maximum Gasteiger partial charge on any atom is 0.260 e. The van der Waals surface area contributed by atoms with Gasteiger partial charge in [0, 0.05) is 6.07 Å². The molecule has 1 aromatic carbocycles. The molecule has 25 heavy (non-hydrogen) atoms. The van der Waals surface area contributed by atoms with Crippen molar-refractivity contribution in [3.63, 3.8) is 0 Å². The number of para-hydroxylation sites is 1. The van der Waals surface area contributed by atoms with Crippen molar-refractivity contribution in [1.29, 1.82) is 0 Å². The molecule has 128 valence electrons. The van der Waals surface area contributed by atoms with Crippen molar-refractivity contribution in [2.24, 2.45) is 0 Å². The summed E-state index contributed by atoms with van der Waals surface area (Å²) in [5.74, 6) is -0.703. The summed E-state index contributed by atoms with van der Waals surface area (Å²) in [5, 5.41) is 7.87. The summed E-state index contributed by atoms with van der Waals surface area (Å²) >= 11 is 0. The Morgan fingerprint density at radius 1 is 1.28 bits per heavy atom. The molecule has 2 heterocycles. The van der Waals surface area contributed by atoms with Gasteiger partial charge in [0.15, 0.2) is 11.2 Å². The van der Waals surface area contributed by atoms with Gasteiger partial charge in [0.25, 0.3) is 5.91 Å². The van der Waals surface area contributed by atoms with Crippen molar-refractivity contribution in [3.8, 4) is 0 Å². The van der Waals surface area contributed by atoms with Crippen molar-refractivity contribution in [3.05, 3.63) is 51.9 Å². The first-order chi connectivity index (χ1) is 12.0. The molecule has 3 aromatic rings. The summed E-state index contributed by atoms with van der Waals surface area (Å²) in [6.45, 7) is 2.72. The Morgan fingerprint density at radius 2 is 2.04 bits per heavy atom. The molecule has 1 amide bonds. The SMILES string of the molecule is CC(=O)c1c(NNC(=O)Cn2nnc3ccccc32)oc(C)cc1=O. The molecule has 0 saturated carbocycles. The summed E-state index contributed by atoms with van der Waals surface area (Å²) in [6.07, 6.45) is 0. The van der Waals surface area contributed by atoms with Crippen molar-refractivity contribution in [2.75, 3.05) is 5.43 Å².